The molecule has 0 spiro atoms. The molecule has 3 aliphatic heterocycles. The number of hydrogen-bond donors (Lipinski definition) is 0. The number of carbonyl (C=O) groups excluding carboxylic acids is 3. The van der Waals surface area contributed by atoms with Gasteiger partial charge < -0.3 is 9.80 Å². The number of nitriles is 1. The van der Waals surface area contributed by atoms with Gasteiger partial charge in [0, 0.05) is 18.2 Å². The summed E-state index contributed by atoms with van der Waals surface area (Å²) in [5.74, 6) is -2.84. The number of amides is 4. The predicted molar refractivity (Wildman–Crippen MR) is 109 cm³/mol. The van der Waals surface area contributed by atoms with Crippen LogP contribution in [-0.4, -0.2) is 52.3 Å². The van der Waals surface area contributed by atoms with E-state index in [1.165, 1.54) is 21.9 Å². The van der Waals surface area contributed by atoms with Crippen LogP contribution in [-0.2, 0) is 4.79 Å². The maximum absolute atomic E-state index is 13.6. The molecule has 10 heteroatoms. The normalized spacial score (nSPS) is 23.7. The van der Waals surface area contributed by atoms with Gasteiger partial charge in [0.25, 0.3) is 11.8 Å². The van der Waals surface area contributed by atoms with Crippen molar-refractivity contribution in [3.05, 3.63) is 63.7 Å². The highest BCUT2D eigenvalue weighted by Crippen LogP contribution is 2.44. The number of nitrogens with zero attached hydrogens (tertiary/aromatic N) is 4. The van der Waals surface area contributed by atoms with Gasteiger partial charge in [-0.05, 0) is 43.2 Å². The number of likely N-dealkylation sites (tertiary alicyclic amines) is 1. The zero-order valence-corrected chi connectivity index (χ0v) is 17.4. The number of hydrogen-bond acceptors (Lipinski definition) is 4. The molecule has 7 nitrogen and oxygen atoms in total. The Morgan fingerprint density at radius 3 is 2.53 bits per heavy atom. The minimum Gasteiger partial charge on any atom is -0.331 e. The Kier molecular flexibility index (Phi) is 4.46. The Bertz CT molecular complexity index is 1240. The van der Waals surface area contributed by atoms with Crippen molar-refractivity contribution < 1.29 is 23.2 Å². The molecule has 3 atom stereocenters. The second-order valence-corrected chi connectivity index (χ2v) is 8.44. The standard InChI is InChI=1S/C22H15ClF2N4O3/c1-10-16(3-2-11(8-26)18(10)23)29-21(31)19-17-7-15(28(19)22(29)32)9-27(17)20(30)12-4-13(24)6-14(25)5-12/h2-6,15,17,19H,7,9H2,1H3. The quantitative estimate of drug-likeness (QED) is 0.649. The molecule has 3 fully saturated rings. The number of halogens is 3. The smallest absolute Gasteiger partial charge is 0.331 e. The molecule has 2 aromatic rings. The number of imide groups is 1. The average molecular weight is 457 g/mol. The molecule has 0 N–H and O–H groups in total. The van der Waals surface area contributed by atoms with E-state index in [-0.39, 0.29) is 34.4 Å². The topological polar surface area (TPSA) is 84.7 Å². The van der Waals surface area contributed by atoms with E-state index in [0.29, 0.717) is 18.1 Å². The first-order chi connectivity index (χ1) is 15.2. The molecule has 2 bridgehead atoms. The maximum Gasteiger partial charge on any atom is 0.332 e. The minimum absolute atomic E-state index is 0.148. The van der Waals surface area contributed by atoms with E-state index in [1.807, 2.05) is 6.07 Å². The highest BCUT2D eigenvalue weighted by atomic mass is 35.5. The summed E-state index contributed by atoms with van der Waals surface area (Å²) < 4.78 is 27.2. The SMILES string of the molecule is Cc1c(N2C(=O)C3C4CC(CN4C(=O)c4cc(F)cc(F)c4)N3C2=O)ccc(C#N)c1Cl. The van der Waals surface area contributed by atoms with Crippen LogP contribution in [0.4, 0.5) is 19.3 Å². The van der Waals surface area contributed by atoms with Crippen LogP contribution < -0.4 is 4.90 Å². The molecule has 3 heterocycles. The van der Waals surface area contributed by atoms with E-state index in [2.05, 4.69) is 0 Å². The third-order valence-electron chi connectivity index (χ3n) is 6.35. The summed E-state index contributed by atoms with van der Waals surface area (Å²) >= 11 is 6.22. The van der Waals surface area contributed by atoms with Gasteiger partial charge in [-0.2, -0.15) is 5.26 Å². The van der Waals surface area contributed by atoms with Crippen LogP contribution in [0.25, 0.3) is 0 Å². The van der Waals surface area contributed by atoms with Crippen molar-refractivity contribution in [2.45, 2.75) is 31.5 Å². The van der Waals surface area contributed by atoms with Crippen molar-refractivity contribution in [3.8, 4) is 6.07 Å². The molecule has 2 aromatic carbocycles. The van der Waals surface area contributed by atoms with Gasteiger partial charge in [0.2, 0.25) is 0 Å². The van der Waals surface area contributed by atoms with Crippen molar-refractivity contribution in [2.24, 2.45) is 0 Å². The zero-order chi connectivity index (χ0) is 22.9. The van der Waals surface area contributed by atoms with Crippen molar-refractivity contribution >= 4 is 35.1 Å². The Morgan fingerprint density at radius 1 is 1.19 bits per heavy atom. The van der Waals surface area contributed by atoms with Gasteiger partial charge in [0.15, 0.2) is 0 Å². The molecular weight excluding hydrogens is 442 g/mol. The molecule has 4 amide bonds. The first-order valence-electron chi connectivity index (χ1n) is 9.85. The summed E-state index contributed by atoms with van der Waals surface area (Å²) in [6.07, 6.45) is 0.409. The predicted octanol–water partition coefficient (Wildman–Crippen LogP) is 3.23. The summed E-state index contributed by atoms with van der Waals surface area (Å²) in [6, 6.07) is 5.08. The summed E-state index contributed by atoms with van der Waals surface area (Å²) in [6.45, 7) is 1.78. The van der Waals surface area contributed by atoms with Gasteiger partial charge in [-0.1, -0.05) is 11.6 Å². The van der Waals surface area contributed by atoms with Crippen molar-refractivity contribution in [1.29, 1.82) is 5.26 Å². The number of carbonyl (C=O) groups is 3. The lowest BCUT2D eigenvalue weighted by atomic mass is 10.1. The fraction of sp³-hybridized carbons (Fsp3) is 0.273. The molecule has 3 saturated heterocycles. The van der Waals surface area contributed by atoms with Gasteiger partial charge in [0.05, 0.1) is 28.4 Å². The number of anilines is 1. The van der Waals surface area contributed by atoms with Crippen LogP contribution in [0.15, 0.2) is 30.3 Å². The fourth-order valence-electron chi connectivity index (χ4n) is 4.96. The van der Waals surface area contributed by atoms with E-state index in [1.54, 1.807) is 6.92 Å². The maximum atomic E-state index is 13.6. The Morgan fingerprint density at radius 2 is 1.88 bits per heavy atom. The van der Waals surface area contributed by atoms with Crippen LogP contribution in [0.1, 0.15) is 27.9 Å². The number of benzene rings is 2. The zero-order valence-electron chi connectivity index (χ0n) is 16.7. The lowest BCUT2D eigenvalue weighted by molar-refractivity contribution is -0.121. The third-order valence-corrected chi connectivity index (χ3v) is 6.84. The molecule has 0 aromatic heterocycles. The molecule has 3 aliphatic rings. The number of fused-ring (bicyclic) bond motifs is 5. The van der Waals surface area contributed by atoms with Crippen LogP contribution in [0, 0.1) is 29.9 Å². The van der Waals surface area contributed by atoms with E-state index < -0.39 is 41.6 Å². The number of urea groups is 1. The monoisotopic (exact) mass is 456 g/mol. The summed E-state index contributed by atoms with van der Waals surface area (Å²) in [4.78, 5) is 43.3. The van der Waals surface area contributed by atoms with E-state index >= 15 is 0 Å². The van der Waals surface area contributed by atoms with Crippen molar-refractivity contribution in [2.75, 3.05) is 11.4 Å². The van der Waals surface area contributed by atoms with E-state index in [9.17, 15) is 23.2 Å². The van der Waals surface area contributed by atoms with Gasteiger partial charge in [-0.3, -0.25) is 9.59 Å². The third kappa shape index (κ3) is 2.72. The first kappa shape index (κ1) is 20.4. The molecular formula is C22H15ClF2N4O3. The Labute approximate surface area is 186 Å². The largest absolute Gasteiger partial charge is 0.332 e. The number of piperazine rings is 1. The second kappa shape index (κ2) is 7.00. The molecule has 0 radical (unpaired) electrons. The highest BCUT2D eigenvalue weighted by Gasteiger charge is 2.63. The summed E-state index contributed by atoms with van der Waals surface area (Å²) in [7, 11) is 0. The van der Waals surface area contributed by atoms with Crippen LogP contribution >= 0.6 is 11.6 Å². The van der Waals surface area contributed by atoms with Crippen LogP contribution in [0.2, 0.25) is 5.02 Å². The second-order valence-electron chi connectivity index (χ2n) is 8.06. The fourth-order valence-corrected chi connectivity index (χ4v) is 5.16. The lowest BCUT2D eigenvalue weighted by Crippen LogP contribution is -2.54. The molecule has 162 valence electrons. The summed E-state index contributed by atoms with van der Waals surface area (Å²) in [5, 5.41) is 9.30. The minimum atomic E-state index is -0.891. The number of rotatable bonds is 2. The highest BCUT2D eigenvalue weighted by molar-refractivity contribution is 6.33. The summed E-state index contributed by atoms with van der Waals surface area (Å²) in [5.41, 5.74) is 0.781. The van der Waals surface area contributed by atoms with Gasteiger partial charge in [-0.25, -0.2) is 18.5 Å². The average Bonchev–Trinajstić information content (AvgIpc) is 3.41. The van der Waals surface area contributed by atoms with E-state index in [0.717, 1.165) is 17.0 Å². The lowest BCUT2D eigenvalue weighted by Gasteiger charge is -2.35. The van der Waals surface area contributed by atoms with Gasteiger partial charge in [-0.15, -0.1) is 0 Å². The van der Waals surface area contributed by atoms with Gasteiger partial charge in [0.1, 0.15) is 23.7 Å². The van der Waals surface area contributed by atoms with Crippen LogP contribution in [0.3, 0.4) is 0 Å². The van der Waals surface area contributed by atoms with Crippen molar-refractivity contribution in [1.82, 2.24) is 9.80 Å². The van der Waals surface area contributed by atoms with Gasteiger partial charge >= 0.3 is 6.03 Å². The van der Waals surface area contributed by atoms with E-state index in [4.69, 9.17) is 16.9 Å². The van der Waals surface area contributed by atoms with Crippen molar-refractivity contribution in [3.63, 3.8) is 0 Å². The first-order valence-corrected chi connectivity index (χ1v) is 10.2. The molecule has 0 aliphatic carbocycles. The molecule has 0 saturated carbocycles. The Hall–Kier alpha value is -3.51. The molecule has 32 heavy (non-hydrogen) atoms. The molecule has 5 rings (SSSR count). The van der Waals surface area contributed by atoms with Crippen LogP contribution in [0.5, 0.6) is 0 Å². The molecule has 3 unspecified atom stereocenters. The Balaban J connectivity index is 1.47.